The number of sulfone groups is 1. The number of benzene rings is 1. The van der Waals surface area contributed by atoms with Gasteiger partial charge in [0.2, 0.25) is 0 Å². The normalized spacial score (nSPS) is 14.4. The second kappa shape index (κ2) is 10.5. The second-order valence-corrected chi connectivity index (χ2v) is 12.6. The molecule has 0 spiro atoms. The number of aromatic nitrogens is 2. The van der Waals surface area contributed by atoms with Crippen molar-refractivity contribution in [2.45, 2.75) is 38.5 Å². The number of fused-ring (bicyclic) bond motifs is 3. The Morgan fingerprint density at radius 2 is 1.87 bits per heavy atom. The number of rotatable bonds is 7. The summed E-state index contributed by atoms with van der Waals surface area (Å²) in [6, 6.07) is 9.50. The molecule has 0 fully saturated rings. The van der Waals surface area contributed by atoms with E-state index in [-0.39, 0.29) is 36.4 Å². The molecule has 12 heteroatoms. The molecule has 0 saturated heterocycles. The molecule has 0 aliphatic carbocycles. The minimum Gasteiger partial charge on any atom is -0.494 e. The van der Waals surface area contributed by atoms with Gasteiger partial charge in [-0.25, -0.2) is 18.2 Å². The molecule has 3 aromatic heterocycles. The number of carbonyl (C=O) groups excluding carboxylic acids is 1. The van der Waals surface area contributed by atoms with Crippen LogP contribution >= 0.6 is 22.9 Å². The average Bonchev–Trinajstić information content (AvgIpc) is 3.38. The van der Waals surface area contributed by atoms with Gasteiger partial charge in [-0.3, -0.25) is 4.57 Å². The van der Waals surface area contributed by atoms with Crippen molar-refractivity contribution in [3.63, 3.8) is 0 Å². The summed E-state index contributed by atoms with van der Waals surface area (Å²) in [6.45, 7) is 2.28. The fraction of sp³-hybridized carbons (Fsp3) is 0.308. The molecule has 0 bridgehead atoms. The molecule has 200 valence electrons. The minimum atomic E-state index is -3.20. The smallest absolute Gasteiger partial charge is 0.494 e. The van der Waals surface area contributed by atoms with E-state index in [2.05, 4.69) is 0 Å². The third-order valence-electron chi connectivity index (χ3n) is 6.35. The first-order chi connectivity index (χ1) is 18.2. The van der Waals surface area contributed by atoms with Crippen LogP contribution in [-0.4, -0.2) is 46.7 Å². The van der Waals surface area contributed by atoms with Crippen LogP contribution in [0.3, 0.4) is 0 Å². The summed E-state index contributed by atoms with van der Waals surface area (Å²) in [4.78, 5) is 18.0. The number of nitrogens with zero attached hydrogens (tertiary/aromatic N) is 2. The largest absolute Gasteiger partial charge is 0.513 e. The van der Waals surface area contributed by atoms with Crippen LogP contribution in [0.1, 0.15) is 35.9 Å². The number of ether oxygens (including phenoxy) is 2. The summed E-state index contributed by atoms with van der Waals surface area (Å²) >= 11 is 8.24. The number of hydrogen-bond acceptors (Lipinski definition) is 9. The van der Waals surface area contributed by atoms with Gasteiger partial charge in [0, 0.05) is 28.0 Å². The van der Waals surface area contributed by atoms with Crippen LogP contribution in [0.4, 0.5) is 4.79 Å². The molecule has 9 nitrogen and oxygen atoms in total. The zero-order chi connectivity index (χ0) is 27.0. The summed E-state index contributed by atoms with van der Waals surface area (Å²) < 4.78 is 36.2. The van der Waals surface area contributed by atoms with E-state index in [1.54, 1.807) is 24.3 Å². The van der Waals surface area contributed by atoms with Crippen molar-refractivity contribution in [1.29, 1.82) is 0 Å². The van der Waals surface area contributed by atoms with Crippen molar-refractivity contribution in [1.82, 2.24) is 9.55 Å². The minimum absolute atomic E-state index is 0.00188. The van der Waals surface area contributed by atoms with Gasteiger partial charge in [-0.05, 0) is 36.1 Å². The molecule has 4 aromatic rings. The quantitative estimate of drug-likeness (QED) is 0.164. The highest BCUT2D eigenvalue weighted by Gasteiger charge is 2.29. The predicted octanol–water partition coefficient (Wildman–Crippen LogP) is 5.66. The SMILES string of the molecule is CCCCOC(=O)Oc1ccc(-c2c(Cl)c(Cn3c(O)ccc3O)nc3sc4c(c23)CCS(=O)(=O)C4)cc1. The van der Waals surface area contributed by atoms with Gasteiger partial charge in [-0.15, -0.1) is 11.3 Å². The molecule has 4 heterocycles. The highest BCUT2D eigenvalue weighted by atomic mass is 35.5. The number of pyridine rings is 1. The molecule has 0 amide bonds. The molecule has 0 saturated carbocycles. The van der Waals surface area contributed by atoms with Gasteiger partial charge in [0.05, 0.1) is 35.4 Å². The highest BCUT2D eigenvalue weighted by Crippen LogP contribution is 2.45. The zero-order valence-electron chi connectivity index (χ0n) is 20.4. The van der Waals surface area contributed by atoms with Crippen molar-refractivity contribution < 1.29 is 32.9 Å². The first-order valence-electron chi connectivity index (χ1n) is 12.0. The van der Waals surface area contributed by atoms with Crippen molar-refractivity contribution in [3.8, 4) is 28.6 Å². The van der Waals surface area contributed by atoms with Gasteiger partial charge in [0.25, 0.3) is 0 Å². The van der Waals surface area contributed by atoms with Crippen molar-refractivity contribution in [3.05, 3.63) is 57.6 Å². The topological polar surface area (TPSA) is 128 Å². The van der Waals surface area contributed by atoms with E-state index in [1.165, 1.54) is 28.0 Å². The maximum Gasteiger partial charge on any atom is 0.513 e. The van der Waals surface area contributed by atoms with E-state index >= 15 is 0 Å². The lowest BCUT2D eigenvalue weighted by Crippen LogP contribution is -2.17. The molecule has 1 aromatic carbocycles. The third kappa shape index (κ3) is 5.18. The van der Waals surface area contributed by atoms with E-state index < -0.39 is 16.0 Å². The van der Waals surface area contributed by atoms with E-state index in [1.807, 2.05) is 6.92 Å². The lowest BCUT2D eigenvalue weighted by atomic mass is 9.97. The Morgan fingerprint density at radius 1 is 1.16 bits per heavy atom. The van der Waals surface area contributed by atoms with Crippen LogP contribution in [-0.2, 0) is 33.3 Å². The maximum atomic E-state index is 12.3. The molecule has 1 aliphatic heterocycles. The van der Waals surface area contributed by atoms with Gasteiger partial charge in [0.1, 0.15) is 10.6 Å². The molecule has 1 aliphatic rings. The number of unbranched alkanes of at least 4 members (excludes halogenated alkanes) is 1. The number of aryl methyl sites for hydroxylation is 1. The zero-order valence-corrected chi connectivity index (χ0v) is 22.8. The van der Waals surface area contributed by atoms with E-state index in [0.29, 0.717) is 38.8 Å². The molecular weight excluding hydrogens is 552 g/mol. The second-order valence-electron chi connectivity index (χ2n) is 8.99. The Kier molecular flexibility index (Phi) is 7.26. The highest BCUT2D eigenvalue weighted by molar-refractivity contribution is 7.90. The molecule has 0 atom stereocenters. The number of hydrogen-bond donors (Lipinski definition) is 2. The summed E-state index contributed by atoms with van der Waals surface area (Å²) in [6.07, 6.45) is 1.22. The van der Waals surface area contributed by atoms with Crippen LogP contribution in [0.15, 0.2) is 36.4 Å². The van der Waals surface area contributed by atoms with Crippen molar-refractivity contribution in [2.75, 3.05) is 12.4 Å². The maximum absolute atomic E-state index is 12.3. The molecular formula is C26H25ClN2O7S2. The fourth-order valence-corrected chi connectivity index (χ4v) is 7.78. The van der Waals surface area contributed by atoms with E-state index in [0.717, 1.165) is 28.7 Å². The van der Waals surface area contributed by atoms with Crippen molar-refractivity contribution in [2.24, 2.45) is 0 Å². The van der Waals surface area contributed by atoms with Crippen LogP contribution in [0, 0.1) is 0 Å². The summed E-state index contributed by atoms with van der Waals surface area (Å²) in [5.74, 6) is -0.000758. The Hall–Kier alpha value is -3.28. The van der Waals surface area contributed by atoms with Crippen LogP contribution in [0.25, 0.3) is 21.3 Å². The Balaban J connectivity index is 1.58. The average molecular weight is 577 g/mol. The van der Waals surface area contributed by atoms with E-state index in [4.69, 9.17) is 26.1 Å². The first kappa shape index (κ1) is 26.3. The van der Waals surface area contributed by atoms with Gasteiger partial charge in [-0.1, -0.05) is 37.1 Å². The lowest BCUT2D eigenvalue weighted by molar-refractivity contribution is 0.0978. The molecule has 2 N–H and O–H groups in total. The molecule has 38 heavy (non-hydrogen) atoms. The van der Waals surface area contributed by atoms with Crippen LogP contribution in [0.5, 0.6) is 17.5 Å². The van der Waals surface area contributed by atoms with Gasteiger partial charge >= 0.3 is 6.16 Å². The van der Waals surface area contributed by atoms with Gasteiger partial charge < -0.3 is 19.7 Å². The van der Waals surface area contributed by atoms with Crippen LogP contribution in [0.2, 0.25) is 5.02 Å². The predicted molar refractivity (Wildman–Crippen MR) is 145 cm³/mol. The van der Waals surface area contributed by atoms with E-state index in [9.17, 15) is 23.4 Å². The number of carbonyl (C=O) groups is 1. The summed E-state index contributed by atoms with van der Waals surface area (Å²) in [5.41, 5.74) is 2.68. The summed E-state index contributed by atoms with van der Waals surface area (Å²) in [7, 11) is -3.20. The summed E-state index contributed by atoms with van der Waals surface area (Å²) in [5, 5.41) is 21.4. The third-order valence-corrected chi connectivity index (χ3v) is 9.62. The first-order valence-corrected chi connectivity index (χ1v) is 15.0. The Morgan fingerprint density at radius 3 is 2.55 bits per heavy atom. The van der Waals surface area contributed by atoms with Gasteiger partial charge in [0.15, 0.2) is 21.6 Å². The molecule has 5 rings (SSSR count). The molecule has 0 unspecified atom stereocenters. The fourth-order valence-electron chi connectivity index (χ4n) is 4.42. The Bertz CT molecular complexity index is 1610. The number of aromatic hydroxyl groups is 2. The van der Waals surface area contributed by atoms with Gasteiger partial charge in [-0.2, -0.15) is 0 Å². The number of thiophene rings is 1. The molecule has 0 radical (unpaired) electrons. The monoisotopic (exact) mass is 576 g/mol. The lowest BCUT2D eigenvalue weighted by Gasteiger charge is -2.16. The Labute approximate surface area is 228 Å². The number of halogens is 1. The van der Waals surface area contributed by atoms with Crippen LogP contribution < -0.4 is 4.74 Å². The van der Waals surface area contributed by atoms with Crippen molar-refractivity contribution >= 4 is 49.1 Å². The standard InChI is InChI=1S/C26H25ClN2O7S2/c1-2-3-11-35-26(32)36-16-6-4-15(5-7-16)22-23-17-10-12-38(33,34)14-19(17)37-25(23)28-18(24(22)27)13-29-20(30)8-9-21(29)31/h4-9,30-31H,2-3,10-14H2,1H3.